The first-order chi connectivity index (χ1) is 8.33. The Hall–Kier alpha value is -1.93. The van der Waals surface area contributed by atoms with E-state index in [2.05, 4.69) is 5.32 Å². The Morgan fingerprint density at radius 2 is 1.65 bits per heavy atom. The lowest BCUT2D eigenvalue weighted by atomic mass is 9.97. The molecule has 1 N–H and O–H groups in total. The van der Waals surface area contributed by atoms with Gasteiger partial charge in [-0.1, -0.05) is 54.6 Å². The molecule has 0 bridgehead atoms. The van der Waals surface area contributed by atoms with E-state index in [1.54, 1.807) is 7.05 Å². The minimum atomic E-state index is 0.118. The smallest absolute Gasteiger partial charge is 0.177 e. The van der Waals surface area contributed by atoms with Gasteiger partial charge in [-0.2, -0.15) is 0 Å². The lowest BCUT2D eigenvalue weighted by molar-refractivity contribution is 0.0994. The van der Waals surface area contributed by atoms with Gasteiger partial charge in [0.2, 0.25) is 0 Å². The van der Waals surface area contributed by atoms with Gasteiger partial charge in [-0.15, -0.1) is 0 Å². The summed E-state index contributed by atoms with van der Waals surface area (Å²) < 4.78 is 0. The largest absolute Gasteiger partial charge is 0.313 e. The van der Waals surface area contributed by atoms with Crippen molar-refractivity contribution in [2.45, 2.75) is 0 Å². The Labute approximate surface area is 101 Å². The molecule has 0 atom stereocenters. The number of hydrogen-bond acceptors (Lipinski definition) is 2. The second-order valence-electron chi connectivity index (χ2n) is 3.87. The molecule has 17 heavy (non-hydrogen) atoms. The number of rotatable bonds is 4. The molecule has 0 spiro atoms. The summed E-state index contributed by atoms with van der Waals surface area (Å²) in [6.07, 6.45) is 0. The summed E-state index contributed by atoms with van der Waals surface area (Å²) in [6, 6.07) is 17.7. The molecule has 0 radical (unpaired) electrons. The molecule has 0 aliphatic rings. The van der Waals surface area contributed by atoms with E-state index < -0.39 is 0 Å². The average molecular weight is 225 g/mol. The monoisotopic (exact) mass is 225 g/mol. The maximum Gasteiger partial charge on any atom is 0.177 e. The molecule has 0 aliphatic carbocycles. The number of nitrogens with one attached hydrogen (secondary N) is 1. The average Bonchev–Trinajstić information content (AvgIpc) is 2.40. The van der Waals surface area contributed by atoms with Crippen molar-refractivity contribution in [3.8, 4) is 11.1 Å². The van der Waals surface area contributed by atoms with Gasteiger partial charge in [0, 0.05) is 5.56 Å². The van der Waals surface area contributed by atoms with Crippen molar-refractivity contribution in [2.24, 2.45) is 0 Å². The van der Waals surface area contributed by atoms with Crippen LogP contribution in [0, 0.1) is 0 Å². The fourth-order valence-corrected chi connectivity index (χ4v) is 1.85. The minimum Gasteiger partial charge on any atom is -0.313 e. The molecule has 0 aromatic heterocycles. The number of ketones is 1. The lowest BCUT2D eigenvalue weighted by Gasteiger charge is -2.08. The maximum atomic E-state index is 12.0. The highest BCUT2D eigenvalue weighted by molar-refractivity contribution is 6.03. The summed E-state index contributed by atoms with van der Waals surface area (Å²) in [7, 11) is 1.78. The first-order valence-corrected chi connectivity index (χ1v) is 5.65. The van der Waals surface area contributed by atoms with E-state index in [1.807, 2.05) is 54.6 Å². The van der Waals surface area contributed by atoms with E-state index in [1.165, 1.54) is 0 Å². The normalized spacial score (nSPS) is 10.2. The topological polar surface area (TPSA) is 29.1 Å². The van der Waals surface area contributed by atoms with Crippen molar-refractivity contribution < 1.29 is 4.79 Å². The molecule has 86 valence electrons. The Morgan fingerprint density at radius 3 is 2.35 bits per heavy atom. The second kappa shape index (κ2) is 5.41. The van der Waals surface area contributed by atoms with E-state index >= 15 is 0 Å². The second-order valence-corrected chi connectivity index (χ2v) is 3.87. The maximum absolute atomic E-state index is 12.0. The molecule has 2 aromatic carbocycles. The van der Waals surface area contributed by atoms with E-state index in [4.69, 9.17) is 0 Å². The molecular formula is C15H15NO. The molecule has 2 nitrogen and oxygen atoms in total. The molecule has 0 unspecified atom stereocenters. The minimum absolute atomic E-state index is 0.118. The van der Waals surface area contributed by atoms with Crippen LogP contribution in [0.25, 0.3) is 11.1 Å². The summed E-state index contributed by atoms with van der Waals surface area (Å²) in [5.41, 5.74) is 2.84. The molecule has 0 amide bonds. The molecule has 0 aliphatic heterocycles. The van der Waals surface area contributed by atoms with Crippen molar-refractivity contribution in [2.75, 3.05) is 13.6 Å². The van der Waals surface area contributed by atoms with Gasteiger partial charge in [-0.05, 0) is 18.2 Å². The van der Waals surface area contributed by atoms with Crippen LogP contribution in [0.3, 0.4) is 0 Å². The van der Waals surface area contributed by atoms with Gasteiger partial charge in [0.15, 0.2) is 5.78 Å². The number of hydrogen-bond donors (Lipinski definition) is 1. The zero-order chi connectivity index (χ0) is 12.1. The van der Waals surface area contributed by atoms with Crippen LogP contribution in [-0.2, 0) is 0 Å². The third-order valence-electron chi connectivity index (χ3n) is 2.65. The zero-order valence-corrected chi connectivity index (χ0v) is 9.81. The van der Waals surface area contributed by atoms with Crippen molar-refractivity contribution in [3.63, 3.8) is 0 Å². The van der Waals surface area contributed by atoms with Crippen molar-refractivity contribution >= 4 is 5.78 Å². The molecule has 2 heteroatoms. The van der Waals surface area contributed by atoms with Gasteiger partial charge in [0.05, 0.1) is 6.54 Å². The van der Waals surface area contributed by atoms with Crippen LogP contribution in [0.1, 0.15) is 10.4 Å². The lowest BCUT2D eigenvalue weighted by Crippen LogP contribution is -2.19. The van der Waals surface area contributed by atoms with E-state index in [0.717, 1.165) is 16.7 Å². The van der Waals surface area contributed by atoms with E-state index in [-0.39, 0.29) is 5.78 Å². The molecule has 0 saturated heterocycles. The number of carbonyl (C=O) groups is 1. The molecular weight excluding hydrogens is 210 g/mol. The van der Waals surface area contributed by atoms with E-state index in [0.29, 0.717) is 6.54 Å². The summed E-state index contributed by atoms with van der Waals surface area (Å²) >= 11 is 0. The SMILES string of the molecule is CNCC(=O)c1ccccc1-c1ccccc1. The number of benzene rings is 2. The van der Waals surface area contributed by atoms with Crippen molar-refractivity contribution in [3.05, 3.63) is 60.2 Å². The summed E-state index contributed by atoms with van der Waals surface area (Å²) in [4.78, 5) is 12.0. The number of Topliss-reactive ketones (excluding diaryl/α,β-unsaturated/α-hetero) is 1. The van der Waals surface area contributed by atoms with Crippen LogP contribution >= 0.6 is 0 Å². The van der Waals surface area contributed by atoms with Gasteiger partial charge in [-0.25, -0.2) is 0 Å². The summed E-state index contributed by atoms with van der Waals surface area (Å²) in [5, 5.41) is 2.90. The fraction of sp³-hybridized carbons (Fsp3) is 0.133. The molecule has 0 saturated carbocycles. The standard InChI is InChI=1S/C15H15NO/c1-16-11-15(17)14-10-6-5-9-13(14)12-7-3-2-4-8-12/h2-10,16H,11H2,1H3. The predicted octanol–water partition coefficient (Wildman–Crippen LogP) is 2.76. The van der Waals surface area contributed by atoms with Crippen LogP contribution in [0.4, 0.5) is 0 Å². The highest BCUT2D eigenvalue weighted by atomic mass is 16.1. The van der Waals surface area contributed by atoms with Crippen LogP contribution in [-0.4, -0.2) is 19.4 Å². The van der Waals surface area contributed by atoms with Gasteiger partial charge in [0.25, 0.3) is 0 Å². The molecule has 0 heterocycles. The van der Waals surface area contributed by atoms with Crippen molar-refractivity contribution in [1.82, 2.24) is 5.32 Å². The highest BCUT2D eigenvalue weighted by Gasteiger charge is 2.10. The quantitative estimate of drug-likeness (QED) is 0.811. The predicted molar refractivity (Wildman–Crippen MR) is 70.1 cm³/mol. The van der Waals surface area contributed by atoms with Gasteiger partial charge >= 0.3 is 0 Å². The van der Waals surface area contributed by atoms with Crippen LogP contribution in [0.5, 0.6) is 0 Å². The highest BCUT2D eigenvalue weighted by Crippen LogP contribution is 2.23. The van der Waals surface area contributed by atoms with Crippen LogP contribution in [0.2, 0.25) is 0 Å². The first kappa shape index (κ1) is 11.6. The third-order valence-corrected chi connectivity index (χ3v) is 2.65. The zero-order valence-electron chi connectivity index (χ0n) is 9.81. The van der Waals surface area contributed by atoms with Crippen molar-refractivity contribution in [1.29, 1.82) is 0 Å². The first-order valence-electron chi connectivity index (χ1n) is 5.65. The summed E-state index contributed by atoms with van der Waals surface area (Å²) in [6.45, 7) is 0.365. The number of carbonyl (C=O) groups excluding carboxylic acids is 1. The Kier molecular flexibility index (Phi) is 3.68. The third kappa shape index (κ3) is 2.60. The van der Waals surface area contributed by atoms with Crippen LogP contribution < -0.4 is 5.32 Å². The molecule has 0 fully saturated rings. The van der Waals surface area contributed by atoms with Gasteiger partial charge in [0.1, 0.15) is 0 Å². The fourth-order valence-electron chi connectivity index (χ4n) is 1.85. The molecule has 2 rings (SSSR count). The van der Waals surface area contributed by atoms with E-state index in [9.17, 15) is 4.79 Å². The summed E-state index contributed by atoms with van der Waals surface area (Å²) in [5.74, 6) is 0.118. The van der Waals surface area contributed by atoms with Crippen LogP contribution in [0.15, 0.2) is 54.6 Å². The Balaban J connectivity index is 2.45. The Bertz CT molecular complexity index is 505. The number of likely N-dealkylation sites (N-methyl/N-ethyl adjacent to an activating group) is 1. The molecule has 2 aromatic rings. The van der Waals surface area contributed by atoms with Gasteiger partial charge in [-0.3, -0.25) is 4.79 Å². The Morgan fingerprint density at radius 1 is 1.00 bits per heavy atom. The van der Waals surface area contributed by atoms with Gasteiger partial charge < -0.3 is 5.32 Å².